The van der Waals surface area contributed by atoms with Crippen molar-refractivity contribution >= 4 is 11.6 Å². The molecule has 0 N–H and O–H groups in total. The lowest BCUT2D eigenvalue weighted by molar-refractivity contribution is -0.114. The third kappa shape index (κ3) is 2.92. The summed E-state index contributed by atoms with van der Waals surface area (Å²) >= 11 is 0. The van der Waals surface area contributed by atoms with Crippen LogP contribution in [0, 0.1) is 6.92 Å². The van der Waals surface area contributed by atoms with Gasteiger partial charge in [0, 0.05) is 12.0 Å². The topological polar surface area (TPSA) is 34.1 Å². The standard InChI is InChI=1S/C16H14O2/c1-12-7-9-14(10-8-12)16(18)15(17)11-13-5-3-2-4-6-13/h2-10H,11H2,1H3. The van der Waals surface area contributed by atoms with Gasteiger partial charge in [0.15, 0.2) is 0 Å². The second-order valence-corrected chi connectivity index (χ2v) is 4.28. The monoisotopic (exact) mass is 238 g/mol. The lowest BCUT2D eigenvalue weighted by Crippen LogP contribution is -2.16. The Hall–Kier alpha value is -2.22. The maximum absolute atomic E-state index is 11.9. The third-order valence-corrected chi connectivity index (χ3v) is 2.77. The van der Waals surface area contributed by atoms with Crippen molar-refractivity contribution in [1.29, 1.82) is 0 Å². The Morgan fingerprint density at radius 1 is 0.889 bits per heavy atom. The molecule has 0 aliphatic heterocycles. The van der Waals surface area contributed by atoms with E-state index in [1.165, 1.54) is 0 Å². The van der Waals surface area contributed by atoms with Crippen LogP contribution in [0.4, 0.5) is 0 Å². The van der Waals surface area contributed by atoms with Gasteiger partial charge in [0.05, 0.1) is 0 Å². The van der Waals surface area contributed by atoms with E-state index in [4.69, 9.17) is 0 Å². The van der Waals surface area contributed by atoms with Gasteiger partial charge in [-0.3, -0.25) is 9.59 Å². The van der Waals surface area contributed by atoms with E-state index in [9.17, 15) is 9.59 Å². The Labute approximate surface area is 106 Å². The lowest BCUT2D eigenvalue weighted by Gasteiger charge is -2.01. The molecule has 0 unspecified atom stereocenters. The van der Waals surface area contributed by atoms with Gasteiger partial charge >= 0.3 is 0 Å². The molecule has 0 heterocycles. The van der Waals surface area contributed by atoms with Gasteiger partial charge in [0.1, 0.15) is 0 Å². The summed E-state index contributed by atoms with van der Waals surface area (Å²) in [7, 11) is 0. The smallest absolute Gasteiger partial charge is 0.228 e. The van der Waals surface area contributed by atoms with Crippen molar-refractivity contribution < 1.29 is 9.59 Å². The predicted molar refractivity (Wildman–Crippen MR) is 70.7 cm³/mol. The molecule has 0 bridgehead atoms. The van der Waals surface area contributed by atoms with Crippen molar-refractivity contribution in [1.82, 2.24) is 0 Å². The number of hydrogen-bond donors (Lipinski definition) is 0. The van der Waals surface area contributed by atoms with Crippen LogP contribution in [0.25, 0.3) is 0 Å². The average Bonchev–Trinajstić information content (AvgIpc) is 2.40. The van der Waals surface area contributed by atoms with Gasteiger partial charge < -0.3 is 0 Å². The molecular formula is C16H14O2. The minimum Gasteiger partial charge on any atom is -0.290 e. The Kier molecular flexibility index (Phi) is 3.68. The summed E-state index contributed by atoms with van der Waals surface area (Å²) in [5.41, 5.74) is 2.39. The summed E-state index contributed by atoms with van der Waals surface area (Å²) in [5.74, 6) is -0.788. The van der Waals surface area contributed by atoms with Crippen LogP contribution >= 0.6 is 0 Å². The summed E-state index contributed by atoms with van der Waals surface area (Å²) in [6.45, 7) is 1.94. The molecule has 0 radical (unpaired) electrons. The second-order valence-electron chi connectivity index (χ2n) is 4.28. The van der Waals surface area contributed by atoms with Crippen LogP contribution in [0.3, 0.4) is 0 Å². The molecule has 0 fully saturated rings. The number of Topliss-reactive ketones (excluding diaryl/α,β-unsaturated/α-hetero) is 2. The zero-order valence-corrected chi connectivity index (χ0v) is 10.2. The first kappa shape index (κ1) is 12.2. The van der Waals surface area contributed by atoms with E-state index in [2.05, 4.69) is 0 Å². The van der Waals surface area contributed by atoms with Crippen molar-refractivity contribution in [2.45, 2.75) is 13.3 Å². The molecular weight excluding hydrogens is 224 g/mol. The van der Waals surface area contributed by atoms with E-state index >= 15 is 0 Å². The van der Waals surface area contributed by atoms with Gasteiger partial charge in [-0.1, -0.05) is 60.2 Å². The lowest BCUT2D eigenvalue weighted by atomic mass is 10.0. The number of carbonyl (C=O) groups is 2. The largest absolute Gasteiger partial charge is 0.290 e. The highest BCUT2D eigenvalue weighted by Crippen LogP contribution is 2.07. The van der Waals surface area contributed by atoms with Gasteiger partial charge in [0.25, 0.3) is 0 Å². The van der Waals surface area contributed by atoms with E-state index < -0.39 is 5.78 Å². The fourth-order valence-corrected chi connectivity index (χ4v) is 1.73. The molecule has 90 valence electrons. The molecule has 2 heteroatoms. The number of benzene rings is 2. The Morgan fingerprint density at radius 2 is 1.50 bits per heavy atom. The quantitative estimate of drug-likeness (QED) is 0.606. The van der Waals surface area contributed by atoms with Gasteiger partial charge in [-0.05, 0) is 12.5 Å². The van der Waals surface area contributed by atoms with Gasteiger partial charge in [0.2, 0.25) is 11.6 Å². The molecule has 2 nitrogen and oxygen atoms in total. The minimum atomic E-state index is -0.418. The summed E-state index contributed by atoms with van der Waals surface area (Å²) in [6.07, 6.45) is 0.160. The fourth-order valence-electron chi connectivity index (χ4n) is 1.73. The molecule has 0 atom stereocenters. The highest BCUT2D eigenvalue weighted by molar-refractivity contribution is 6.44. The van der Waals surface area contributed by atoms with Gasteiger partial charge in [-0.15, -0.1) is 0 Å². The van der Waals surface area contributed by atoms with Gasteiger partial charge in [-0.25, -0.2) is 0 Å². The normalized spacial score (nSPS) is 10.1. The van der Waals surface area contributed by atoms with E-state index in [0.717, 1.165) is 11.1 Å². The van der Waals surface area contributed by atoms with Crippen LogP contribution in [0.15, 0.2) is 54.6 Å². The maximum Gasteiger partial charge on any atom is 0.228 e. The van der Waals surface area contributed by atoms with Gasteiger partial charge in [-0.2, -0.15) is 0 Å². The van der Waals surface area contributed by atoms with Crippen molar-refractivity contribution in [2.75, 3.05) is 0 Å². The van der Waals surface area contributed by atoms with Crippen LogP contribution < -0.4 is 0 Å². The van der Waals surface area contributed by atoms with Crippen molar-refractivity contribution in [3.63, 3.8) is 0 Å². The number of ketones is 2. The molecule has 0 amide bonds. The van der Waals surface area contributed by atoms with E-state index in [1.54, 1.807) is 12.1 Å². The fraction of sp³-hybridized carbons (Fsp3) is 0.125. The van der Waals surface area contributed by atoms with Crippen LogP contribution in [0.1, 0.15) is 21.5 Å². The van der Waals surface area contributed by atoms with Crippen molar-refractivity contribution in [3.05, 3.63) is 71.3 Å². The number of hydrogen-bond acceptors (Lipinski definition) is 2. The van der Waals surface area contributed by atoms with E-state index in [1.807, 2.05) is 49.4 Å². The first-order valence-corrected chi connectivity index (χ1v) is 5.85. The minimum absolute atomic E-state index is 0.160. The highest BCUT2D eigenvalue weighted by atomic mass is 16.2. The number of rotatable bonds is 4. The summed E-state index contributed by atoms with van der Waals surface area (Å²) < 4.78 is 0. The molecule has 0 aliphatic carbocycles. The zero-order chi connectivity index (χ0) is 13.0. The second kappa shape index (κ2) is 5.41. The Bertz CT molecular complexity index is 553. The SMILES string of the molecule is Cc1ccc(C(=O)C(=O)Cc2ccccc2)cc1. The average molecular weight is 238 g/mol. The molecule has 0 saturated heterocycles. The van der Waals surface area contributed by atoms with Crippen LogP contribution in [0.2, 0.25) is 0 Å². The number of carbonyl (C=O) groups excluding carboxylic acids is 2. The first-order valence-electron chi connectivity index (χ1n) is 5.85. The Balaban J connectivity index is 2.10. The van der Waals surface area contributed by atoms with E-state index in [0.29, 0.717) is 5.56 Å². The van der Waals surface area contributed by atoms with Crippen LogP contribution in [-0.2, 0) is 11.2 Å². The zero-order valence-electron chi connectivity index (χ0n) is 10.2. The molecule has 18 heavy (non-hydrogen) atoms. The predicted octanol–water partition coefficient (Wildman–Crippen LogP) is 2.99. The maximum atomic E-state index is 11.9. The Morgan fingerprint density at radius 3 is 2.11 bits per heavy atom. The molecule has 0 saturated carbocycles. The highest BCUT2D eigenvalue weighted by Gasteiger charge is 2.15. The molecule has 2 aromatic carbocycles. The van der Waals surface area contributed by atoms with E-state index in [-0.39, 0.29) is 12.2 Å². The molecule has 0 spiro atoms. The van der Waals surface area contributed by atoms with Crippen molar-refractivity contribution in [3.8, 4) is 0 Å². The van der Waals surface area contributed by atoms with Crippen LogP contribution in [0.5, 0.6) is 0 Å². The third-order valence-electron chi connectivity index (χ3n) is 2.77. The molecule has 2 aromatic rings. The molecule has 0 aliphatic rings. The summed E-state index contributed by atoms with van der Waals surface area (Å²) in [5, 5.41) is 0. The summed E-state index contributed by atoms with van der Waals surface area (Å²) in [4.78, 5) is 23.8. The van der Waals surface area contributed by atoms with Crippen LogP contribution in [-0.4, -0.2) is 11.6 Å². The van der Waals surface area contributed by atoms with Crippen molar-refractivity contribution in [2.24, 2.45) is 0 Å². The number of aryl methyl sites for hydroxylation is 1. The molecule has 2 rings (SSSR count). The summed E-state index contributed by atoms with van der Waals surface area (Å²) in [6, 6.07) is 16.4. The first-order chi connectivity index (χ1) is 8.66. The molecule has 0 aromatic heterocycles.